The van der Waals surface area contributed by atoms with Crippen LogP contribution in [0.5, 0.6) is 11.5 Å². The fraction of sp³-hybridized carbons (Fsp3) is 0.231. The Morgan fingerprint density at radius 2 is 0.848 bits per heavy atom. The van der Waals surface area contributed by atoms with E-state index in [0.717, 1.165) is 11.1 Å². The molecule has 3 aromatic carbocycles. The molecule has 0 radical (unpaired) electrons. The molecule has 3 aromatic rings. The zero-order valence-corrected chi connectivity index (χ0v) is 19.9. The molecule has 3 aliphatic rings. The van der Waals surface area contributed by atoms with Crippen molar-refractivity contribution in [2.45, 2.75) is 38.9 Å². The Bertz CT molecular complexity index is 1210. The second-order valence-electron chi connectivity index (χ2n) is 9.52. The molecule has 0 atom stereocenters. The average Bonchev–Trinajstić information content (AvgIpc) is 3.29. The van der Waals surface area contributed by atoms with Gasteiger partial charge in [-0.1, -0.05) is 0 Å². The molecule has 7 heteroatoms. The standard InChI is InChI=1S/C26H26O6P/c1-25(2)26(3,4)32-33(31-25,27-21-17-11-12-18-22(21)28-33)29-23(19-13-7-5-8-14-19)24(30-33)20-15-9-6-10-16-20/h5-18H,1-4H3/q-1. The first kappa shape index (κ1) is 20.5. The van der Waals surface area contributed by atoms with Gasteiger partial charge in [0, 0.05) is 0 Å². The third-order valence-electron chi connectivity index (χ3n) is 6.53. The van der Waals surface area contributed by atoms with Crippen molar-refractivity contribution < 1.29 is 27.1 Å². The summed E-state index contributed by atoms with van der Waals surface area (Å²) in [6, 6.07) is 26.6. The molecule has 0 bridgehead atoms. The van der Waals surface area contributed by atoms with Crippen LogP contribution >= 0.6 is 7.31 Å². The summed E-state index contributed by atoms with van der Waals surface area (Å²) in [5.41, 5.74) is -0.184. The van der Waals surface area contributed by atoms with Crippen molar-refractivity contribution in [2.75, 3.05) is 0 Å². The second kappa shape index (κ2) is 5.89. The van der Waals surface area contributed by atoms with E-state index in [1.165, 1.54) is 0 Å². The van der Waals surface area contributed by atoms with E-state index in [1.54, 1.807) is 12.1 Å². The third-order valence-corrected chi connectivity index (χ3v) is 10.4. The molecule has 172 valence electrons. The van der Waals surface area contributed by atoms with Crippen LogP contribution in [0.2, 0.25) is 0 Å². The fourth-order valence-corrected chi connectivity index (χ4v) is 9.52. The minimum absolute atomic E-state index is 0.429. The van der Waals surface area contributed by atoms with E-state index < -0.39 is 18.5 Å². The van der Waals surface area contributed by atoms with Crippen LogP contribution in [-0.2, 0) is 18.1 Å². The zero-order chi connectivity index (χ0) is 23.0. The summed E-state index contributed by atoms with van der Waals surface area (Å²) in [6.07, 6.45) is 0. The Balaban J connectivity index is 1.63. The van der Waals surface area contributed by atoms with Gasteiger partial charge in [-0.15, -0.1) is 0 Å². The van der Waals surface area contributed by atoms with E-state index >= 15 is 0 Å². The molecule has 1 saturated heterocycles. The van der Waals surface area contributed by atoms with Crippen molar-refractivity contribution in [3.8, 4) is 11.5 Å². The molecule has 0 amide bonds. The quantitative estimate of drug-likeness (QED) is 0.373. The molecule has 1 fully saturated rings. The molecule has 6 rings (SSSR count). The van der Waals surface area contributed by atoms with Gasteiger partial charge in [-0.25, -0.2) is 0 Å². The van der Waals surface area contributed by atoms with Crippen LogP contribution in [0, 0.1) is 0 Å². The van der Waals surface area contributed by atoms with E-state index in [9.17, 15) is 0 Å². The van der Waals surface area contributed by atoms with Gasteiger partial charge >= 0.3 is 192 Å². The maximum atomic E-state index is 6.76. The first-order valence-electron chi connectivity index (χ1n) is 11.0. The van der Waals surface area contributed by atoms with E-state index in [0.29, 0.717) is 23.0 Å². The van der Waals surface area contributed by atoms with E-state index in [4.69, 9.17) is 27.1 Å². The van der Waals surface area contributed by atoms with E-state index in [2.05, 4.69) is 0 Å². The molecule has 3 heterocycles. The molecule has 0 aliphatic carbocycles. The Hall–Kier alpha value is -3.05. The van der Waals surface area contributed by atoms with Crippen molar-refractivity contribution in [1.29, 1.82) is 0 Å². The van der Waals surface area contributed by atoms with Gasteiger partial charge in [0.1, 0.15) is 0 Å². The number of hydrogen-bond acceptors (Lipinski definition) is 6. The van der Waals surface area contributed by atoms with Crippen LogP contribution in [0.15, 0.2) is 84.9 Å². The van der Waals surface area contributed by atoms with Gasteiger partial charge in [0.2, 0.25) is 0 Å². The zero-order valence-electron chi connectivity index (χ0n) is 19.0. The van der Waals surface area contributed by atoms with Gasteiger partial charge in [0.25, 0.3) is 0 Å². The Morgan fingerprint density at radius 1 is 0.485 bits per heavy atom. The van der Waals surface area contributed by atoms with Crippen molar-refractivity contribution in [1.82, 2.24) is 0 Å². The van der Waals surface area contributed by atoms with Gasteiger partial charge in [-0.3, -0.25) is 0 Å². The molecule has 1 spiro atoms. The van der Waals surface area contributed by atoms with Gasteiger partial charge in [-0.05, 0) is 0 Å². The summed E-state index contributed by atoms with van der Waals surface area (Å²) in [7, 11) is -5.83. The Labute approximate surface area is 192 Å². The molecule has 0 aromatic heterocycles. The fourth-order valence-electron chi connectivity index (χ4n) is 4.44. The van der Waals surface area contributed by atoms with Crippen LogP contribution < -0.4 is 9.05 Å². The summed E-state index contributed by atoms with van der Waals surface area (Å²) < 4.78 is 40.1. The molecule has 3 aliphatic heterocycles. The second-order valence-corrected chi connectivity index (χ2v) is 12.9. The predicted molar refractivity (Wildman–Crippen MR) is 127 cm³/mol. The van der Waals surface area contributed by atoms with Crippen LogP contribution in [0.4, 0.5) is 0 Å². The van der Waals surface area contributed by atoms with Crippen LogP contribution in [-0.4, -0.2) is 11.2 Å². The number of hydrogen-bond donors (Lipinski definition) is 0. The van der Waals surface area contributed by atoms with Crippen molar-refractivity contribution in [3.05, 3.63) is 96.1 Å². The van der Waals surface area contributed by atoms with Gasteiger partial charge < -0.3 is 0 Å². The Morgan fingerprint density at radius 3 is 1.24 bits per heavy atom. The minimum atomic E-state index is -5.83. The third kappa shape index (κ3) is 2.66. The van der Waals surface area contributed by atoms with Crippen molar-refractivity contribution in [2.24, 2.45) is 0 Å². The number of para-hydroxylation sites is 2. The topological polar surface area (TPSA) is 55.4 Å². The monoisotopic (exact) mass is 465 g/mol. The predicted octanol–water partition coefficient (Wildman–Crippen LogP) is 7.21. The summed E-state index contributed by atoms with van der Waals surface area (Å²) in [6.45, 7) is 7.65. The van der Waals surface area contributed by atoms with Crippen LogP contribution in [0.1, 0.15) is 38.8 Å². The van der Waals surface area contributed by atoms with Crippen LogP contribution in [0.25, 0.3) is 11.5 Å². The maximum absolute atomic E-state index is 6.76. The SMILES string of the molecule is CC1(C)O[P-]23(OC(c4ccccc4)=C(c4ccccc4)O2)(Oc2ccccc2O3)OC1(C)C. The molecule has 6 nitrogen and oxygen atoms in total. The summed E-state index contributed by atoms with van der Waals surface area (Å²) in [4.78, 5) is 0. The molecule has 0 N–H and O–H groups in total. The van der Waals surface area contributed by atoms with Gasteiger partial charge in [0.15, 0.2) is 0 Å². The van der Waals surface area contributed by atoms with E-state index in [1.807, 2.05) is 100 Å². The summed E-state index contributed by atoms with van der Waals surface area (Å²) >= 11 is 0. The molecular weight excluding hydrogens is 439 g/mol. The first-order chi connectivity index (χ1) is 15.6. The number of rotatable bonds is 2. The summed E-state index contributed by atoms with van der Waals surface area (Å²) in [5, 5.41) is 0. The number of fused-ring (bicyclic) bond motifs is 1. The molecular formula is C26H26O6P-. The van der Waals surface area contributed by atoms with Gasteiger partial charge in [-0.2, -0.15) is 0 Å². The molecule has 0 unspecified atom stereocenters. The average molecular weight is 465 g/mol. The van der Waals surface area contributed by atoms with Crippen LogP contribution in [0.3, 0.4) is 0 Å². The van der Waals surface area contributed by atoms with E-state index in [-0.39, 0.29) is 0 Å². The molecule has 0 saturated carbocycles. The van der Waals surface area contributed by atoms with Crippen molar-refractivity contribution in [3.63, 3.8) is 0 Å². The summed E-state index contributed by atoms with van der Waals surface area (Å²) in [5.74, 6) is 1.73. The normalized spacial score (nSPS) is 26.1. The molecule has 33 heavy (non-hydrogen) atoms. The van der Waals surface area contributed by atoms with Crippen molar-refractivity contribution >= 4 is 18.8 Å². The first-order valence-corrected chi connectivity index (χ1v) is 13.2. The number of benzene rings is 3. The van der Waals surface area contributed by atoms with Gasteiger partial charge in [0.05, 0.1) is 0 Å². The Kier molecular flexibility index (Phi) is 3.67.